The van der Waals surface area contributed by atoms with E-state index in [9.17, 15) is 4.79 Å². The predicted octanol–water partition coefficient (Wildman–Crippen LogP) is 2.89. The normalized spacial score (nSPS) is 11.2. The third kappa shape index (κ3) is 4.65. The molecule has 1 aromatic carbocycles. The maximum absolute atomic E-state index is 10.4. The SMILES string of the molecule is C/C(=C/C(=O)O)CNc1ccc(Br)cc1. The number of carboxylic acid groups (broad SMARTS) is 1. The smallest absolute Gasteiger partial charge is 0.328 e. The molecule has 0 aliphatic heterocycles. The Morgan fingerprint density at radius 1 is 1.47 bits per heavy atom. The quantitative estimate of drug-likeness (QED) is 0.827. The molecule has 0 aliphatic carbocycles. The average Bonchev–Trinajstić information content (AvgIpc) is 2.16. The Labute approximate surface area is 96.9 Å². The number of aliphatic carboxylic acids is 1. The van der Waals surface area contributed by atoms with Crippen molar-refractivity contribution in [2.24, 2.45) is 0 Å². The molecular formula is C11H12BrNO2. The molecule has 0 fully saturated rings. The lowest BCUT2D eigenvalue weighted by molar-refractivity contribution is -0.131. The van der Waals surface area contributed by atoms with Crippen molar-refractivity contribution in [2.75, 3.05) is 11.9 Å². The second-order valence-corrected chi connectivity index (χ2v) is 4.11. The van der Waals surface area contributed by atoms with Crippen LogP contribution in [0.4, 0.5) is 5.69 Å². The van der Waals surface area contributed by atoms with E-state index in [-0.39, 0.29) is 0 Å². The Bertz CT molecular complexity index is 371. The van der Waals surface area contributed by atoms with Crippen molar-refractivity contribution in [1.82, 2.24) is 0 Å². The highest BCUT2D eigenvalue weighted by Gasteiger charge is 1.95. The van der Waals surface area contributed by atoms with E-state index >= 15 is 0 Å². The summed E-state index contributed by atoms with van der Waals surface area (Å²) in [6.45, 7) is 2.31. The maximum atomic E-state index is 10.4. The summed E-state index contributed by atoms with van der Waals surface area (Å²) in [5, 5.41) is 11.6. The van der Waals surface area contributed by atoms with Crippen LogP contribution in [-0.4, -0.2) is 17.6 Å². The van der Waals surface area contributed by atoms with Gasteiger partial charge in [-0.15, -0.1) is 0 Å². The van der Waals surface area contributed by atoms with Gasteiger partial charge in [0, 0.05) is 22.8 Å². The summed E-state index contributed by atoms with van der Waals surface area (Å²) in [5.41, 5.74) is 1.75. The molecule has 0 amide bonds. The first-order valence-electron chi connectivity index (χ1n) is 4.47. The number of rotatable bonds is 4. The summed E-state index contributed by atoms with van der Waals surface area (Å²) in [6.07, 6.45) is 1.20. The highest BCUT2D eigenvalue weighted by molar-refractivity contribution is 9.10. The van der Waals surface area contributed by atoms with Gasteiger partial charge in [-0.1, -0.05) is 15.9 Å². The molecule has 2 N–H and O–H groups in total. The molecule has 80 valence electrons. The predicted molar refractivity (Wildman–Crippen MR) is 64.0 cm³/mol. The zero-order chi connectivity index (χ0) is 11.3. The Balaban J connectivity index is 2.50. The number of halogens is 1. The number of benzene rings is 1. The summed E-state index contributed by atoms with van der Waals surface area (Å²) in [4.78, 5) is 10.4. The van der Waals surface area contributed by atoms with Crippen molar-refractivity contribution in [3.05, 3.63) is 40.4 Å². The molecule has 3 nitrogen and oxygen atoms in total. The van der Waals surface area contributed by atoms with Gasteiger partial charge >= 0.3 is 5.97 Å². The van der Waals surface area contributed by atoms with Crippen LogP contribution in [0.2, 0.25) is 0 Å². The first kappa shape index (κ1) is 11.8. The molecule has 15 heavy (non-hydrogen) atoms. The zero-order valence-electron chi connectivity index (χ0n) is 8.33. The first-order valence-corrected chi connectivity index (χ1v) is 5.27. The standard InChI is InChI=1S/C11H12BrNO2/c1-8(6-11(14)15)7-13-10-4-2-9(12)3-5-10/h2-6,13H,7H2,1H3,(H,14,15)/b8-6-. The fourth-order valence-corrected chi connectivity index (χ4v) is 1.34. The molecule has 0 saturated carbocycles. The van der Waals surface area contributed by atoms with E-state index in [2.05, 4.69) is 21.2 Å². The van der Waals surface area contributed by atoms with Crippen molar-refractivity contribution in [3.63, 3.8) is 0 Å². The summed E-state index contributed by atoms with van der Waals surface area (Å²) in [7, 11) is 0. The third-order valence-electron chi connectivity index (χ3n) is 1.79. The highest BCUT2D eigenvalue weighted by atomic mass is 79.9. The number of nitrogens with one attached hydrogen (secondary N) is 1. The molecule has 0 spiro atoms. The Kier molecular flexibility index (Phi) is 4.37. The molecule has 0 unspecified atom stereocenters. The van der Waals surface area contributed by atoms with E-state index in [1.54, 1.807) is 6.92 Å². The van der Waals surface area contributed by atoms with Gasteiger partial charge in [0.1, 0.15) is 0 Å². The highest BCUT2D eigenvalue weighted by Crippen LogP contribution is 2.14. The van der Waals surface area contributed by atoms with Crippen LogP contribution >= 0.6 is 15.9 Å². The van der Waals surface area contributed by atoms with Gasteiger partial charge in [0.05, 0.1) is 0 Å². The zero-order valence-corrected chi connectivity index (χ0v) is 9.91. The Morgan fingerprint density at radius 2 is 2.07 bits per heavy atom. The van der Waals surface area contributed by atoms with Gasteiger partial charge < -0.3 is 10.4 Å². The van der Waals surface area contributed by atoms with Crippen molar-refractivity contribution >= 4 is 27.6 Å². The van der Waals surface area contributed by atoms with E-state index in [4.69, 9.17) is 5.11 Å². The van der Waals surface area contributed by atoms with Crippen molar-refractivity contribution in [3.8, 4) is 0 Å². The fourth-order valence-electron chi connectivity index (χ4n) is 1.07. The van der Waals surface area contributed by atoms with Crippen LogP contribution in [0.25, 0.3) is 0 Å². The Hall–Kier alpha value is -1.29. The van der Waals surface area contributed by atoms with Crippen LogP contribution < -0.4 is 5.32 Å². The van der Waals surface area contributed by atoms with Crippen LogP contribution in [-0.2, 0) is 4.79 Å². The minimum Gasteiger partial charge on any atom is -0.478 e. The lowest BCUT2D eigenvalue weighted by Crippen LogP contribution is -2.04. The van der Waals surface area contributed by atoms with Crippen molar-refractivity contribution < 1.29 is 9.90 Å². The number of hydrogen-bond donors (Lipinski definition) is 2. The van der Waals surface area contributed by atoms with Crippen molar-refractivity contribution in [1.29, 1.82) is 0 Å². The lowest BCUT2D eigenvalue weighted by atomic mass is 10.2. The van der Waals surface area contributed by atoms with Crippen LogP contribution in [0.15, 0.2) is 40.4 Å². The molecule has 0 bridgehead atoms. The summed E-state index contributed by atoms with van der Waals surface area (Å²) < 4.78 is 1.02. The molecular weight excluding hydrogens is 258 g/mol. The second kappa shape index (κ2) is 5.56. The minimum absolute atomic E-state index is 0.536. The molecule has 0 aromatic heterocycles. The topological polar surface area (TPSA) is 49.3 Å². The molecule has 1 aromatic rings. The largest absolute Gasteiger partial charge is 0.478 e. The molecule has 0 heterocycles. The first-order chi connectivity index (χ1) is 7.08. The van der Waals surface area contributed by atoms with Gasteiger partial charge in [0.15, 0.2) is 0 Å². The second-order valence-electron chi connectivity index (χ2n) is 3.19. The summed E-state index contributed by atoms with van der Waals surface area (Å²) >= 11 is 3.34. The lowest BCUT2D eigenvalue weighted by Gasteiger charge is -2.05. The van der Waals surface area contributed by atoms with E-state index in [1.807, 2.05) is 24.3 Å². The maximum Gasteiger partial charge on any atom is 0.328 e. The van der Waals surface area contributed by atoms with Gasteiger partial charge in [0.25, 0.3) is 0 Å². The molecule has 0 atom stereocenters. The van der Waals surface area contributed by atoms with Gasteiger partial charge in [0.2, 0.25) is 0 Å². The molecule has 4 heteroatoms. The van der Waals surface area contributed by atoms with Crippen LogP contribution in [0.5, 0.6) is 0 Å². The summed E-state index contributed by atoms with van der Waals surface area (Å²) in [6, 6.07) is 7.72. The fraction of sp³-hybridized carbons (Fsp3) is 0.182. The van der Waals surface area contributed by atoms with E-state index in [0.717, 1.165) is 15.7 Å². The molecule has 0 aliphatic rings. The van der Waals surface area contributed by atoms with Crippen LogP contribution in [0.3, 0.4) is 0 Å². The van der Waals surface area contributed by atoms with Gasteiger partial charge in [-0.2, -0.15) is 0 Å². The van der Waals surface area contributed by atoms with Crippen molar-refractivity contribution in [2.45, 2.75) is 6.92 Å². The monoisotopic (exact) mass is 269 g/mol. The Morgan fingerprint density at radius 3 is 2.60 bits per heavy atom. The number of carbonyl (C=O) groups is 1. The average molecular weight is 270 g/mol. The van der Waals surface area contributed by atoms with Crippen LogP contribution in [0, 0.1) is 0 Å². The van der Waals surface area contributed by atoms with Gasteiger partial charge in [-0.3, -0.25) is 0 Å². The van der Waals surface area contributed by atoms with E-state index < -0.39 is 5.97 Å². The molecule has 1 rings (SSSR count). The van der Waals surface area contributed by atoms with E-state index in [1.165, 1.54) is 6.08 Å². The van der Waals surface area contributed by atoms with Gasteiger partial charge in [-0.25, -0.2) is 4.79 Å². The molecule has 0 saturated heterocycles. The van der Waals surface area contributed by atoms with Crippen LogP contribution in [0.1, 0.15) is 6.92 Å². The minimum atomic E-state index is -0.912. The van der Waals surface area contributed by atoms with E-state index in [0.29, 0.717) is 6.54 Å². The molecule has 0 radical (unpaired) electrons. The third-order valence-corrected chi connectivity index (χ3v) is 2.31. The van der Waals surface area contributed by atoms with Gasteiger partial charge in [-0.05, 0) is 36.8 Å². The number of carboxylic acids is 1. The summed E-state index contributed by atoms with van der Waals surface area (Å²) in [5.74, 6) is -0.912. The number of anilines is 1. The number of hydrogen-bond acceptors (Lipinski definition) is 2.